The van der Waals surface area contributed by atoms with Crippen molar-refractivity contribution in [3.05, 3.63) is 112 Å². The van der Waals surface area contributed by atoms with Crippen LogP contribution in [-0.4, -0.2) is 19.1 Å². The maximum absolute atomic E-state index is 12.6. The van der Waals surface area contributed by atoms with Crippen LogP contribution in [0.2, 0.25) is 0 Å². The molecule has 0 aliphatic rings. The van der Waals surface area contributed by atoms with Crippen molar-refractivity contribution < 1.29 is 13.9 Å². The highest BCUT2D eigenvalue weighted by Gasteiger charge is 2.29. The van der Waals surface area contributed by atoms with Crippen molar-refractivity contribution in [1.29, 1.82) is 0 Å². The summed E-state index contributed by atoms with van der Waals surface area (Å²) in [6, 6.07) is 26.9. The van der Waals surface area contributed by atoms with Gasteiger partial charge in [-0.1, -0.05) is 60.7 Å². The van der Waals surface area contributed by atoms with E-state index in [9.17, 15) is 9.59 Å². The molecule has 0 atom stereocenters. The van der Waals surface area contributed by atoms with E-state index in [4.69, 9.17) is 9.15 Å². The lowest BCUT2D eigenvalue weighted by atomic mass is 9.76. The molecule has 0 saturated carbocycles. The molecule has 0 unspecified atom stereocenters. The molecular formula is C27H25NO4. The minimum Gasteiger partial charge on any atom is -0.484 e. The zero-order valence-electron chi connectivity index (χ0n) is 18.1. The first-order chi connectivity index (χ1) is 15.5. The van der Waals surface area contributed by atoms with Gasteiger partial charge in [-0.3, -0.25) is 4.79 Å². The SMILES string of the molecule is Cc1cc(=O)oc2cc(OCC(=O)NCC(C)(c3ccccc3)c3ccccc3)ccc12. The third-order valence-corrected chi connectivity index (χ3v) is 5.75. The molecule has 4 aromatic rings. The predicted molar refractivity (Wildman–Crippen MR) is 125 cm³/mol. The normalized spacial score (nSPS) is 11.3. The Morgan fingerprint density at radius 2 is 1.56 bits per heavy atom. The van der Waals surface area contributed by atoms with Gasteiger partial charge in [0.2, 0.25) is 0 Å². The van der Waals surface area contributed by atoms with Crippen molar-refractivity contribution in [1.82, 2.24) is 5.32 Å². The number of amides is 1. The molecule has 162 valence electrons. The lowest BCUT2D eigenvalue weighted by Gasteiger charge is -2.31. The van der Waals surface area contributed by atoms with E-state index in [1.54, 1.807) is 12.1 Å². The highest BCUT2D eigenvalue weighted by Crippen LogP contribution is 2.31. The molecule has 0 aliphatic carbocycles. The number of carbonyl (C=O) groups is 1. The Bertz CT molecular complexity index is 1240. The first-order valence-corrected chi connectivity index (χ1v) is 10.5. The van der Waals surface area contributed by atoms with E-state index in [1.807, 2.05) is 49.4 Å². The first kappa shape index (κ1) is 21.4. The molecule has 1 N–H and O–H groups in total. The second kappa shape index (κ2) is 9.10. The third-order valence-electron chi connectivity index (χ3n) is 5.75. The molecule has 0 aliphatic heterocycles. The van der Waals surface area contributed by atoms with Crippen LogP contribution in [0.5, 0.6) is 5.75 Å². The van der Waals surface area contributed by atoms with Crippen LogP contribution >= 0.6 is 0 Å². The van der Waals surface area contributed by atoms with Gasteiger partial charge in [-0.25, -0.2) is 4.79 Å². The molecule has 0 saturated heterocycles. The maximum atomic E-state index is 12.6. The molecule has 32 heavy (non-hydrogen) atoms. The van der Waals surface area contributed by atoms with E-state index in [0.29, 0.717) is 17.9 Å². The van der Waals surface area contributed by atoms with Crippen molar-refractivity contribution in [2.45, 2.75) is 19.3 Å². The van der Waals surface area contributed by atoms with Gasteiger partial charge in [0, 0.05) is 29.5 Å². The van der Waals surface area contributed by atoms with Gasteiger partial charge in [0.25, 0.3) is 5.91 Å². The average molecular weight is 428 g/mol. The summed E-state index contributed by atoms with van der Waals surface area (Å²) >= 11 is 0. The molecule has 5 heteroatoms. The molecule has 1 amide bonds. The van der Waals surface area contributed by atoms with Crippen LogP contribution in [0.3, 0.4) is 0 Å². The van der Waals surface area contributed by atoms with Gasteiger partial charge in [0.15, 0.2) is 6.61 Å². The number of hydrogen-bond donors (Lipinski definition) is 1. The van der Waals surface area contributed by atoms with Gasteiger partial charge >= 0.3 is 5.63 Å². The van der Waals surface area contributed by atoms with Crippen molar-refractivity contribution >= 4 is 16.9 Å². The van der Waals surface area contributed by atoms with E-state index in [2.05, 4.69) is 36.5 Å². The Labute approximate surface area is 186 Å². The second-order valence-electron chi connectivity index (χ2n) is 8.04. The van der Waals surface area contributed by atoms with Crippen molar-refractivity contribution in [3.8, 4) is 5.75 Å². The fraction of sp³-hybridized carbons (Fsp3) is 0.185. The summed E-state index contributed by atoms with van der Waals surface area (Å²) in [5.41, 5.74) is 2.71. The topological polar surface area (TPSA) is 68.5 Å². The summed E-state index contributed by atoms with van der Waals surface area (Å²) in [4.78, 5) is 24.2. The number of hydrogen-bond acceptors (Lipinski definition) is 4. The van der Waals surface area contributed by atoms with Crippen LogP contribution < -0.4 is 15.7 Å². The van der Waals surface area contributed by atoms with E-state index in [0.717, 1.165) is 22.1 Å². The highest BCUT2D eigenvalue weighted by molar-refractivity contribution is 5.81. The second-order valence-corrected chi connectivity index (χ2v) is 8.04. The molecule has 3 aromatic carbocycles. The van der Waals surface area contributed by atoms with Gasteiger partial charge in [-0.2, -0.15) is 0 Å². The standard InChI is InChI=1S/C27H25NO4/c1-19-15-26(30)32-24-16-22(13-14-23(19)24)31-17-25(29)28-18-27(2,20-9-5-3-6-10-20)21-11-7-4-8-12-21/h3-16H,17-18H2,1-2H3,(H,28,29). The van der Waals surface area contributed by atoms with Crippen LogP contribution in [0, 0.1) is 6.92 Å². The van der Waals surface area contributed by atoms with Gasteiger partial charge in [0.1, 0.15) is 11.3 Å². The Balaban J connectivity index is 1.45. The summed E-state index contributed by atoms with van der Waals surface area (Å²) in [6.07, 6.45) is 0. The van der Waals surface area contributed by atoms with Gasteiger partial charge < -0.3 is 14.5 Å². The first-order valence-electron chi connectivity index (χ1n) is 10.5. The lowest BCUT2D eigenvalue weighted by Crippen LogP contribution is -2.41. The monoisotopic (exact) mass is 427 g/mol. The zero-order valence-corrected chi connectivity index (χ0v) is 18.1. The molecular weight excluding hydrogens is 402 g/mol. The number of rotatable bonds is 7. The smallest absolute Gasteiger partial charge is 0.336 e. The van der Waals surface area contributed by atoms with Gasteiger partial charge in [-0.15, -0.1) is 0 Å². The molecule has 4 rings (SSSR count). The van der Waals surface area contributed by atoms with Crippen LogP contribution in [0.4, 0.5) is 0 Å². The van der Waals surface area contributed by atoms with Crippen molar-refractivity contribution in [2.24, 2.45) is 0 Å². The Hall–Kier alpha value is -3.86. The summed E-state index contributed by atoms with van der Waals surface area (Å²) in [7, 11) is 0. The van der Waals surface area contributed by atoms with Crippen LogP contribution in [0.1, 0.15) is 23.6 Å². The molecule has 0 bridgehead atoms. The van der Waals surface area contributed by atoms with Crippen molar-refractivity contribution in [3.63, 3.8) is 0 Å². The van der Waals surface area contributed by atoms with E-state index >= 15 is 0 Å². The third kappa shape index (κ3) is 4.57. The molecule has 5 nitrogen and oxygen atoms in total. The number of nitrogens with one attached hydrogen (secondary N) is 1. The number of fused-ring (bicyclic) bond motifs is 1. The molecule has 0 spiro atoms. The average Bonchev–Trinajstić information content (AvgIpc) is 2.82. The quantitative estimate of drug-likeness (QED) is 0.438. The Morgan fingerprint density at radius 1 is 0.938 bits per heavy atom. The highest BCUT2D eigenvalue weighted by atomic mass is 16.5. The minimum atomic E-state index is -0.411. The fourth-order valence-electron chi connectivity index (χ4n) is 3.85. The van der Waals surface area contributed by atoms with Crippen molar-refractivity contribution in [2.75, 3.05) is 13.2 Å². The summed E-state index contributed by atoms with van der Waals surface area (Å²) in [6.45, 7) is 4.26. The molecule has 1 heterocycles. The number of carbonyl (C=O) groups excluding carboxylic acids is 1. The Kier molecular flexibility index (Phi) is 6.08. The van der Waals surface area contributed by atoms with Gasteiger partial charge in [-0.05, 0) is 42.7 Å². The molecule has 0 fully saturated rings. The predicted octanol–water partition coefficient (Wildman–Crippen LogP) is 4.60. The molecule has 0 radical (unpaired) electrons. The van der Waals surface area contributed by atoms with Crippen LogP contribution in [-0.2, 0) is 10.2 Å². The number of benzene rings is 3. The number of ether oxygens (including phenoxy) is 1. The molecule has 1 aromatic heterocycles. The summed E-state index contributed by atoms with van der Waals surface area (Å²) in [5, 5.41) is 3.84. The maximum Gasteiger partial charge on any atom is 0.336 e. The van der Waals surface area contributed by atoms with Crippen LogP contribution in [0.25, 0.3) is 11.0 Å². The Morgan fingerprint density at radius 3 is 2.19 bits per heavy atom. The number of aryl methyl sites for hydroxylation is 1. The fourth-order valence-corrected chi connectivity index (χ4v) is 3.85. The zero-order chi connectivity index (χ0) is 22.6. The van der Waals surface area contributed by atoms with Crippen LogP contribution in [0.15, 0.2) is 94.1 Å². The van der Waals surface area contributed by atoms with Gasteiger partial charge in [0.05, 0.1) is 0 Å². The summed E-state index contributed by atoms with van der Waals surface area (Å²) in [5.74, 6) is 0.240. The largest absolute Gasteiger partial charge is 0.484 e. The van der Waals surface area contributed by atoms with E-state index < -0.39 is 5.63 Å². The summed E-state index contributed by atoms with van der Waals surface area (Å²) < 4.78 is 10.9. The minimum absolute atomic E-state index is 0.138. The van der Waals surface area contributed by atoms with E-state index in [-0.39, 0.29) is 17.9 Å². The lowest BCUT2D eigenvalue weighted by molar-refractivity contribution is -0.123. The van der Waals surface area contributed by atoms with E-state index in [1.165, 1.54) is 6.07 Å².